The number of rotatable bonds is 2. The van der Waals surface area contributed by atoms with Crippen LogP contribution in [0.4, 0.5) is 11.4 Å². The fourth-order valence-corrected chi connectivity index (χ4v) is 3.04. The number of nitriles is 1. The lowest BCUT2D eigenvalue weighted by atomic mass is 10.1. The molecule has 2 fully saturated rings. The van der Waals surface area contributed by atoms with Crippen LogP contribution in [0.3, 0.4) is 0 Å². The molecule has 21 heavy (non-hydrogen) atoms. The summed E-state index contributed by atoms with van der Waals surface area (Å²) in [6.07, 6.45) is 0.157. The minimum atomic E-state index is -0.525. The van der Waals surface area contributed by atoms with Crippen molar-refractivity contribution in [3.8, 4) is 6.07 Å². The molecule has 0 unspecified atom stereocenters. The molecule has 2 saturated heterocycles. The number of anilines is 1. The van der Waals surface area contributed by atoms with Crippen LogP contribution in [-0.2, 0) is 4.74 Å². The molecule has 1 aromatic carbocycles. The molecule has 7 heteroatoms. The Balaban J connectivity index is 1.85. The second-order valence-electron chi connectivity index (χ2n) is 5.43. The minimum absolute atomic E-state index is 0.0987. The SMILES string of the molecule is CN1CCO[C@H]2CN(c3ccc([N+](=O)[O-])c(C#N)c3)C[C@H]21. The van der Waals surface area contributed by atoms with Crippen LogP contribution in [0.5, 0.6) is 0 Å². The first-order chi connectivity index (χ1) is 10.1. The summed E-state index contributed by atoms with van der Waals surface area (Å²) < 4.78 is 5.79. The maximum Gasteiger partial charge on any atom is 0.287 e. The van der Waals surface area contributed by atoms with E-state index in [1.807, 2.05) is 6.07 Å². The molecule has 2 heterocycles. The standard InChI is InChI=1S/C14H16N4O3/c1-16-4-5-21-14-9-17(8-13(14)16)11-2-3-12(18(19)20)10(6-11)7-15/h2-3,6,13-14H,4-5,8-9H2,1H3/t13-,14+/m1/s1. The Kier molecular flexibility index (Phi) is 3.49. The van der Waals surface area contributed by atoms with Gasteiger partial charge in [0.25, 0.3) is 5.69 Å². The number of benzene rings is 1. The van der Waals surface area contributed by atoms with E-state index in [1.54, 1.807) is 12.1 Å². The van der Waals surface area contributed by atoms with Crippen LogP contribution in [0.25, 0.3) is 0 Å². The summed E-state index contributed by atoms with van der Waals surface area (Å²) in [5.41, 5.74) is 0.788. The molecule has 0 N–H and O–H groups in total. The Morgan fingerprint density at radius 3 is 2.95 bits per heavy atom. The van der Waals surface area contributed by atoms with Crippen LogP contribution in [0.15, 0.2) is 18.2 Å². The number of hydrogen-bond donors (Lipinski definition) is 0. The van der Waals surface area contributed by atoms with Gasteiger partial charge in [0.05, 0.1) is 23.7 Å². The topological polar surface area (TPSA) is 82.6 Å². The van der Waals surface area contributed by atoms with Gasteiger partial charge in [-0.05, 0) is 19.2 Å². The molecule has 110 valence electrons. The summed E-state index contributed by atoms with van der Waals surface area (Å²) in [5, 5.41) is 20.0. The van der Waals surface area contributed by atoms with Gasteiger partial charge in [-0.3, -0.25) is 15.0 Å². The van der Waals surface area contributed by atoms with Gasteiger partial charge in [-0.1, -0.05) is 0 Å². The first-order valence-corrected chi connectivity index (χ1v) is 6.85. The zero-order valence-electron chi connectivity index (χ0n) is 11.7. The van der Waals surface area contributed by atoms with E-state index in [9.17, 15) is 10.1 Å². The molecule has 0 radical (unpaired) electrons. The fraction of sp³-hybridized carbons (Fsp3) is 0.500. The maximum absolute atomic E-state index is 10.9. The quantitative estimate of drug-likeness (QED) is 0.596. The van der Waals surface area contributed by atoms with Gasteiger partial charge in [-0.25, -0.2) is 0 Å². The number of likely N-dealkylation sites (N-methyl/N-ethyl adjacent to an activating group) is 1. The number of fused-ring (bicyclic) bond motifs is 1. The zero-order valence-corrected chi connectivity index (χ0v) is 11.7. The van der Waals surface area contributed by atoms with Crippen molar-refractivity contribution < 1.29 is 9.66 Å². The van der Waals surface area contributed by atoms with Crippen LogP contribution < -0.4 is 4.90 Å². The molecule has 0 spiro atoms. The molecule has 0 aromatic heterocycles. The van der Waals surface area contributed by atoms with Crippen molar-refractivity contribution >= 4 is 11.4 Å². The lowest BCUT2D eigenvalue weighted by Gasteiger charge is -2.33. The molecule has 0 bridgehead atoms. The van der Waals surface area contributed by atoms with Gasteiger partial charge >= 0.3 is 0 Å². The van der Waals surface area contributed by atoms with E-state index in [1.165, 1.54) is 6.07 Å². The van der Waals surface area contributed by atoms with E-state index < -0.39 is 4.92 Å². The summed E-state index contributed by atoms with van der Waals surface area (Å²) >= 11 is 0. The molecule has 2 atom stereocenters. The number of nitrogens with zero attached hydrogens (tertiary/aromatic N) is 4. The number of morpholine rings is 1. The highest BCUT2D eigenvalue weighted by Crippen LogP contribution is 2.29. The Bertz CT molecular complexity index is 613. The second-order valence-corrected chi connectivity index (χ2v) is 5.43. The van der Waals surface area contributed by atoms with Gasteiger partial charge in [-0.15, -0.1) is 0 Å². The highest BCUT2D eigenvalue weighted by Gasteiger charge is 2.38. The first kappa shape index (κ1) is 13.8. The molecule has 2 aliphatic heterocycles. The van der Waals surface area contributed by atoms with Gasteiger partial charge in [0.15, 0.2) is 0 Å². The normalized spacial score (nSPS) is 25.4. The van der Waals surface area contributed by atoms with Crippen molar-refractivity contribution in [3.05, 3.63) is 33.9 Å². The summed E-state index contributed by atoms with van der Waals surface area (Å²) in [5.74, 6) is 0. The van der Waals surface area contributed by atoms with Crippen LogP contribution in [-0.4, -0.2) is 55.3 Å². The minimum Gasteiger partial charge on any atom is -0.373 e. The third-order valence-electron chi connectivity index (χ3n) is 4.24. The van der Waals surface area contributed by atoms with E-state index in [0.717, 1.165) is 31.9 Å². The van der Waals surface area contributed by atoms with E-state index in [2.05, 4.69) is 16.8 Å². The van der Waals surface area contributed by atoms with E-state index in [4.69, 9.17) is 10.00 Å². The Morgan fingerprint density at radius 2 is 2.29 bits per heavy atom. The molecular weight excluding hydrogens is 272 g/mol. The van der Waals surface area contributed by atoms with Gasteiger partial charge in [-0.2, -0.15) is 5.26 Å². The Morgan fingerprint density at radius 1 is 1.48 bits per heavy atom. The summed E-state index contributed by atoms with van der Waals surface area (Å²) in [4.78, 5) is 14.8. The summed E-state index contributed by atoms with van der Waals surface area (Å²) in [6.45, 7) is 3.20. The molecule has 0 aliphatic carbocycles. The molecular formula is C14H16N4O3. The number of ether oxygens (including phenoxy) is 1. The van der Waals surface area contributed by atoms with Crippen molar-refractivity contribution in [2.24, 2.45) is 0 Å². The van der Waals surface area contributed by atoms with Crippen molar-refractivity contribution in [1.29, 1.82) is 5.26 Å². The summed E-state index contributed by atoms with van der Waals surface area (Å²) in [6, 6.07) is 6.94. The Hall–Kier alpha value is -2.17. The number of hydrogen-bond acceptors (Lipinski definition) is 6. The van der Waals surface area contributed by atoms with Crippen molar-refractivity contribution in [2.75, 3.05) is 38.2 Å². The highest BCUT2D eigenvalue weighted by atomic mass is 16.6. The Labute approximate surface area is 122 Å². The fourth-order valence-electron chi connectivity index (χ4n) is 3.04. The monoisotopic (exact) mass is 288 g/mol. The molecule has 1 aromatic rings. The molecule has 3 rings (SSSR count). The lowest BCUT2D eigenvalue weighted by molar-refractivity contribution is -0.385. The second kappa shape index (κ2) is 5.31. The average Bonchev–Trinajstić information content (AvgIpc) is 2.92. The van der Waals surface area contributed by atoms with Crippen LogP contribution in [0.1, 0.15) is 5.56 Å². The molecule has 2 aliphatic rings. The van der Waals surface area contributed by atoms with Crippen LogP contribution >= 0.6 is 0 Å². The van der Waals surface area contributed by atoms with Crippen molar-refractivity contribution in [3.63, 3.8) is 0 Å². The molecule has 7 nitrogen and oxygen atoms in total. The van der Waals surface area contributed by atoms with Crippen molar-refractivity contribution in [2.45, 2.75) is 12.1 Å². The average molecular weight is 288 g/mol. The number of nitro benzene ring substituents is 1. The third kappa shape index (κ3) is 2.44. The van der Waals surface area contributed by atoms with E-state index in [0.29, 0.717) is 6.04 Å². The maximum atomic E-state index is 10.9. The highest BCUT2D eigenvalue weighted by molar-refractivity contribution is 5.60. The van der Waals surface area contributed by atoms with Crippen LogP contribution in [0.2, 0.25) is 0 Å². The van der Waals surface area contributed by atoms with Gasteiger partial charge in [0.2, 0.25) is 0 Å². The van der Waals surface area contributed by atoms with Crippen LogP contribution in [0, 0.1) is 21.4 Å². The van der Waals surface area contributed by atoms with Gasteiger partial charge < -0.3 is 9.64 Å². The lowest BCUT2D eigenvalue weighted by Crippen LogP contribution is -2.48. The third-order valence-corrected chi connectivity index (χ3v) is 4.24. The van der Waals surface area contributed by atoms with Gasteiger partial charge in [0, 0.05) is 31.4 Å². The van der Waals surface area contributed by atoms with E-state index >= 15 is 0 Å². The smallest absolute Gasteiger partial charge is 0.287 e. The van der Waals surface area contributed by atoms with Gasteiger partial charge in [0.1, 0.15) is 11.6 Å². The van der Waals surface area contributed by atoms with E-state index in [-0.39, 0.29) is 17.4 Å². The predicted molar refractivity (Wildman–Crippen MR) is 76.2 cm³/mol. The zero-order chi connectivity index (χ0) is 15.0. The molecule has 0 amide bonds. The number of nitro groups is 1. The largest absolute Gasteiger partial charge is 0.373 e. The summed E-state index contributed by atoms with van der Waals surface area (Å²) in [7, 11) is 2.08. The first-order valence-electron chi connectivity index (χ1n) is 6.85. The van der Waals surface area contributed by atoms with Crippen molar-refractivity contribution in [1.82, 2.24) is 4.90 Å². The predicted octanol–water partition coefficient (Wildman–Crippen LogP) is 0.986. The molecule has 0 saturated carbocycles.